The van der Waals surface area contributed by atoms with Crippen LogP contribution in [0.15, 0.2) is 77.8 Å². The predicted molar refractivity (Wildman–Crippen MR) is 239 cm³/mol. The maximum Gasteiger partial charge on any atom is 0.251 e. The molecular weight excluding hydrogens is 669 g/mol. The van der Waals surface area contributed by atoms with Crippen molar-refractivity contribution in [3.63, 3.8) is 0 Å². The number of benzodiazepines with no additional fused rings is 1. The van der Waals surface area contributed by atoms with E-state index in [1.165, 1.54) is 18.4 Å². The molecule has 3 aliphatic heterocycles. The van der Waals surface area contributed by atoms with Crippen molar-refractivity contribution >= 4 is 34.8 Å². The maximum atomic E-state index is 12.4. The third kappa shape index (κ3) is 14.9. The average molecular weight is 747 g/mol. The number of carbonyl (C=O) groups is 3. The fraction of sp³-hybridized carbons (Fsp3) is 0.532. The van der Waals surface area contributed by atoms with Gasteiger partial charge in [-0.2, -0.15) is 0 Å². The van der Waals surface area contributed by atoms with Crippen LogP contribution in [0.2, 0.25) is 0 Å². The molecule has 0 spiro atoms. The second-order valence-electron chi connectivity index (χ2n) is 11.7. The van der Waals surface area contributed by atoms with Crippen molar-refractivity contribution in [1.29, 1.82) is 0 Å². The lowest BCUT2D eigenvalue weighted by Crippen LogP contribution is -2.32. The first kappa shape index (κ1) is 54.1. The number of fused-ring (bicyclic) bond motifs is 4. The Morgan fingerprint density at radius 3 is 1.52 bits per heavy atom. The molecule has 7 nitrogen and oxygen atoms in total. The molecule has 0 radical (unpaired) electrons. The highest BCUT2D eigenvalue weighted by atomic mass is 16.2. The third-order valence-electron chi connectivity index (χ3n) is 8.59. The minimum atomic E-state index is -0.289. The van der Waals surface area contributed by atoms with Crippen LogP contribution in [0.1, 0.15) is 141 Å². The van der Waals surface area contributed by atoms with Gasteiger partial charge in [0.1, 0.15) is 6.04 Å². The minimum absolute atomic E-state index is 0. The normalized spacial score (nSPS) is 17.6. The van der Waals surface area contributed by atoms with Gasteiger partial charge in [0.2, 0.25) is 11.8 Å². The summed E-state index contributed by atoms with van der Waals surface area (Å²) >= 11 is 0. The van der Waals surface area contributed by atoms with Crippen LogP contribution in [0.5, 0.6) is 0 Å². The number of hydrogen-bond donors (Lipinski definition) is 0. The second kappa shape index (κ2) is 30.1. The summed E-state index contributed by atoms with van der Waals surface area (Å²) in [6.45, 7) is 28.7. The Kier molecular flexibility index (Phi) is 30.2. The first-order chi connectivity index (χ1) is 25.5. The highest BCUT2D eigenvalue weighted by Gasteiger charge is 2.28. The van der Waals surface area contributed by atoms with Crippen molar-refractivity contribution in [1.82, 2.24) is 4.90 Å². The van der Waals surface area contributed by atoms with E-state index in [4.69, 9.17) is 0 Å². The van der Waals surface area contributed by atoms with Gasteiger partial charge in [-0.1, -0.05) is 151 Å². The number of benzene rings is 3. The molecule has 3 unspecified atom stereocenters. The van der Waals surface area contributed by atoms with E-state index in [-0.39, 0.29) is 37.1 Å². The Morgan fingerprint density at radius 1 is 0.556 bits per heavy atom. The smallest absolute Gasteiger partial charge is 0.251 e. The SMILES string of the molecule is C.CC.CC.CC.CC.CC.CC1=NC(C)C(=O)N(C)c2ccccc21.CC1C(=O)N(C)c2ccccc2-c2ccccc21.CC1CCCCN(C)C1=O. The van der Waals surface area contributed by atoms with E-state index in [1.807, 2.05) is 177 Å². The van der Waals surface area contributed by atoms with Crippen LogP contribution in [0, 0.1) is 5.92 Å². The second-order valence-corrected chi connectivity index (χ2v) is 11.7. The van der Waals surface area contributed by atoms with Crippen LogP contribution < -0.4 is 9.80 Å². The van der Waals surface area contributed by atoms with Crippen LogP contribution in [0.4, 0.5) is 11.4 Å². The zero-order chi connectivity index (χ0) is 41.3. The number of anilines is 2. The molecule has 3 aromatic carbocycles. The topological polar surface area (TPSA) is 73.3 Å². The lowest BCUT2D eigenvalue weighted by atomic mass is 9.92. The van der Waals surface area contributed by atoms with E-state index >= 15 is 0 Å². The molecule has 1 fully saturated rings. The first-order valence-corrected chi connectivity index (χ1v) is 20.1. The van der Waals surface area contributed by atoms with Crippen molar-refractivity contribution < 1.29 is 14.4 Å². The van der Waals surface area contributed by atoms with Crippen LogP contribution in [-0.2, 0) is 14.4 Å². The zero-order valence-corrected chi connectivity index (χ0v) is 36.5. The number of nitrogens with zero attached hydrogens (tertiary/aromatic N) is 4. The quantitative estimate of drug-likeness (QED) is 0.230. The molecule has 0 aromatic heterocycles. The molecule has 0 aliphatic carbocycles. The van der Waals surface area contributed by atoms with E-state index in [0.29, 0.717) is 5.91 Å². The van der Waals surface area contributed by atoms with Crippen LogP contribution >= 0.6 is 0 Å². The highest BCUT2D eigenvalue weighted by molar-refractivity contribution is 6.11. The van der Waals surface area contributed by atoms with Gasteiger partial charge in [0.25, 0.3) is 5.91 Å². The molecular formula is C47H78N4O3. The van der Waals surface area contributed by atoms with E-state index in [9.17, 15) is 14.4 Å². The Hall–Kier alpha value is -4.26. The summed E-state index contributed by atoms with van der Waals surface area (Å²) in [4.78, 5) is 45.2. The summed E-state index contributed by atoms with van der Waals surface area (Å²) < 4.78 is 0. The van der Waals surface area contributed by atoms with Crippen LogP contribution in [0.25, 0.3) is 11.1 Å². The van der Waals surface area contributed by atoms with Gasteiger partial charge in [-0.05, 0) is 56.9 Å². The molecule has 3 heterocycles. The molecule has 3 aliphatic rings. The molecule has 3 aromatic rings. The summed E-state index contributed by atoms with van der Waals surface area (Å²) in [5.41, 5.74) is 7.30. The summed E-state index contributed by atoms with van der Waals surface area (Å²) in [5.74, 6) is 0.662. The lowest BCUT2D eigenvalue weighted by Gasteiger charge is -2.19. The van der Waals surface area contributed by atoms with Crippen molar-refractivity contribution in [2.45, 2.75) is 136 Å². The zero-order valence-electron chi connectivity index (χ0n) is 36.5. The summed E-state index contributed by atoms with van der Waals surface area (Å²) in [6.07, 6.45) is 3.45. The number of rotatable bonds is 0. The number of aliphatic imine (C=N–C) groups is 1. The van der Waals surface area contributed by atoms with Crippen LogP contribution in [0.3, 0.4) is 0 Å². The van der Waals surface area contributed by atoms with Gasteiger partial charge >= 0.3 is 0 Å². The van der Waals surface area contributed by atoms with Gasteiger partial charge in [0.15, 0.2) is 0 Å². The Balaban J connectivity index is -0.000000658. The summed E-state index contributed by atoms with van der Waals surface area (Å²) in [6, 6.07) is 23.8. The monoisotopic (exact) mass is 747 g/mol. The van der Waals surface area contributed by atoms with Crippen molar-refractivity contribution in [2.24, 2.45) is 10.9 Å². The van der Waals surface area contributed by atoms with E-state index in [0.717, 1.165) is 46.7 Å². The number of hydrogen-bond acceptors (Lipinski definition) is 4. The molecule has 3 atom stereocenters. The van der Waals surface area contributed by atoms with Gasteiger partial charge in [-0.25, -0.2) is 0 Å². The largest absolute Gasteiger partial charge is 0.346 e. The molecule has 0 bridgehead atoms. The number of likely N-dealkylation sites (tertiary alicyclic amines) is 1. The Labute approximate surface area is 332 Å². The van der Waals surface area contributed by atoms with Crippen molar-refractivity contribution in [2.75, 3.05) is 37.5 Å². The Bertz CT molecular complexity index is 1450. The van der Waals surface area contributed by atoms with Crippen molar-refractivity contribution in [3.05, 3.63) is 83.9 Å². The maximum absolute atomic E-state index is 12.4. The highest BCUT2D eigenvalue weighted by Crippen LogP contribution is 2.39. The number of carbonyl (C=O) groups excluding carboxylic acids is 3. The Morgan fingerprint density at radius 2 is 0.981 bits per heavy atom. The van der Waals surface area contributed by atoms with E-state index in [1.54, 1.807) is 16.8 Å². The van der Waals surface area contributed by atoms with Gasteiger partial charge in [0, 0.05) is 50.4 Å². The van der Waals surface area contributed by atoms with E-state index in [2.05, 4.69) is 17.1 Å². The molecule has 0 saturated carbocycles. The van der Waals surface area contributed by atoms with E-state index < -0.39 is 0 Å². The summed E-state index contributed by atoms with van der Waals surface area (Å²) in [7, 11) is 5.54. The fourth-order valence-corrected chi connectivity index (χ4v) is 5.95. The first-order valence-electron chi connectivity index (χ1n) is 20.1. The third-order valence-corrected chi connectivity index (χ3v) is 8.59. The van der Waals surface area contributed by atoms with Gasteiger partial charge in [-0.3, -0.25) is 19.4 Å². The van der Waals surface area contributed by atoms with Gasteiger partial charge in [0.05, 0.1) is 17.3 Å². The molecule has 7 heteroatoms. The molecule has 3 amide bonds. The van der Waals surface area contributed by atoms with Crippen molar-refractivity contribution in [3.8, 4) is 11.1 Å². The van der Waals surface area contributed by atoms with Gasteiger partial charge in [-0.15, -0.1) is 0 Å². The fourth-order valence-electron chi connectivity index (χ4n) is 5.95. The van der Waals surface area contributed by atoms with Crippen LogP contribution in [-0.4, -0.2) is 62.1 Å². The van der Waals surface area contributed by atoms with Gasteiger partial charge < -0.3 is 14.7 Å². The minimum Gasteiger partial charge on any atom is -0.346 e. The number of amides is 3. The summed E-state index contributed by atoms with van der Waals surface area (Å²) in [5, 5.41) is 0. The molecule has 304 valence electrons. The average Bonchev–Trinajstić information content (AvgIpc) is 3.46. The molecule has 54 heavy (non-hydrogen) atoms. The molecule has 1 saturated heterocycles. The molecule has 0 N–H and O–H groups in total. The lowest BCUT2D eigenvalue weighted by molar-refractivity contribution is -0.133. The number of para-hydroxylation sites is 2. The predicted octanol–water partition coefficient (Wildman–Crippen LogP) is 12.3. The number of likely N-dealkylation sites (N-methyl/N-ethyl adjacent to an activating group) is 2. The molecule has 6 rings (SSSR count). The standard InChI is InChI=1S/C16H15NO.C12H14N2O.C8H15NO.5C2H6.CH4/c1-11-12-7-3-4-8-13(12)14-9-5-6-10-15(14)17(2)16(11)18;1-8-10-6-4-5-7-11(10)14(3)12(15)9(2)13-8;1-7-5-3-4-6-9(2)8(7)10;5*1-2;/h3-11H,1-2H3;4-7,9H,1-3H3;7H,3-6H2,1-2H3;5*1-2H3;1H4.